The van der Waals surface area contributed by atoms with Gasteiger partial charge in [-0.25, -0.2) is 9.97 Å². The fourth-order valence-electron chi connectivity index (χ4n) is 3.85. The van der Waals surface area contributed by atoms with Crippen LogP contribution in [0.25, 0.3) is 22.5 Å². The third-order valence-corrected chi connectivity index (χ3v) is 5.43. The molecule has 4 aromatic rings. The Morgan fingerprint density at radius 1 is 1.00 bits per heavy atom. The number of hydrogen-bond acceptors (Lipinski definition) is 6. The van der Waals surface area contributed by atoms with Gasteiger partial charge in [0.2, 0.25) is 11.6 Å². The molecule has 4 rings (SSSR count). The molecule has 11 heteroatoms. The maximum absolute atomic E-state index is 13.4. The molecule has 0 amide bonds. The quantitative estimate of drug-likeness (QED) is 0.387. The summed E-state index contributed by atoms with van der Waals surface area (Å²) in [6.07, 6.45) is -4.22. The largest absolute Gasteiger partial charge is 1.00 e. The van der Waals surface area contributed by atoms with Crippen molar-refractivity contribution in [3.63, 3.8) is 0 Å². The molecule has 178 valence electrons. The van der Waals surface area contributed by atoms with Gasteiger partial charge in [-0.2, -0.15) is 18.4 Å². The molecule has 0 saturated carbocycles. The van der Waals surface area contributed by atoms with Gasteiger partial charge in [-0.3, -0.25) is 0 Å². The number of nitrogens with zero attached hydrogens (tertiary/aromatic N) is 5. The molecule has 0 unspecified atom stereocenters. The standard InChI is InChI=1S/C24H24F3N7.Na.H/c1-4-19-20(14(2)3)22(30-23(29-19)24(25,26)27)28-13-15-9-11-16(12-10-15)17-7-5-6-8-18(17)21-31-33-34-32-21;;/h5-12,14H,4,13H2,1-3H3,(H,28,29,30)(H,31,32,33,34);;/q;+1;-1. The van der Waals surface area contributed by atoms with E-state index in [4.69, 9.17) is 0 Å². The van der Waals surface area contributed by atoms with Crippen LogP contribution in [-0.4, -0.2) is 30.6 Å². The zero-order valence-corrected chi connectivity index (χ0v) is 22.0. The van der Waals surface area contributed by atoms with E-state index in [9.17, 15) is 13.2 Å². The van der Waals surface area contributed by atoms with Gasteiger partial charge in [0.25, 0.3) is 0 Å². The predicted molar refractivity (Wildman–Crippen MR) is 124 cm³/mol. The first-order chi connectivity index (χ1) is 16.3. The molecule has 2 aromatic heterocycles. The average Bonchev–Trinajstić information content (AvgIpc) is 3.36. The Labute approximate surface area is 224 Å². The minimum Gasteiger partial charge on any atom is -1.00 e. The summed E-state index contributed by atoms with van der Waals surface area (Å²) >= 11 is 0. The van der Waals surface area contributed by atoms with Crippen LogP contribution in [0.15, 0.2) is 48.5 Å². The fourth-order valence-corrected chi connectivity index (χ4v) is 3.85. The maximum atomic E-state index is 13.4. The second-order valence-electron chi connectivity index (χ2n) is 8.09. The Bertz CT molecular complexity index is 1260. The maximum Gasteiger partial charge on any atom is 1.00 e. The Morgan fingerprint density at radius 2 is 1.69 bits per heavy atom. The molecule has 0 bridgehead atoms. The van der Waals surface area contributed by atoms with Crippen LogP contribution in [-0.2, 0) is 19.1 Å². The van der Waals surface area contributed by atoms with E-state index in [1.54, 1.807) is 6.92 Å². The van der Waals surface area contributed by atoms with Gasteiger partial charge in [0, 0.05) is 23.4 Å². The van der Waals surface area contributed by atoms with Crippen molar-refractivity contribution in [3.05, 3.63) is 71.2 Å². The Hall–Kier alpha value is -2.82. The summed E-state index contributed by atoms with van der Waals surface area (Å²) in [5.41, 5.74) is 4.77. The summed E-state index contributed by atoms with van der Waals surface area (Å²) in [6, 6.07) is 15.5. The number of rotatable bonds is 7. The minimum atomic E-state index is -4.61. The van der Waals surface area contributed by atoms with E-state index in [1.807, 2.05) is 62.4 Å². The predicted octanol–water partition coefficient (Wildman–Crippen LogP) is 2.76. The first-order valence-corrected chi connectivity index (χ1v) is 10.9. The van der Waals surface area contributed by atoms with Crippen molar-refractivity contribution >= 4 is 5.82 Å². The smallest absolute Gasteiger partial charge is 1.00 e. The van der Waals surface area contributed by atoms with Crippen molar-refractivity contribution in [3.8, 4) is 22.5 Å². The second-order valence-corrected chi connectivity index (χ2v) is 8.09. The topological polar surface area (TPSA) is 92.3 Å². The summed E-state index contributed by atoms with van der Waals surface area (Å²) < 4.78 is 40.1. The van der Waals surface area contributed by atoms with E-state index >= 15 is 0 Å². The van der Waals surface area contributed by atoms with Gasteiger partial charge < -0.3 is 6.74 Å². The number of benzene rings is 2. The summed E-state index contributed by atoms with van der Waals surface area (Å²) in [5.74, 6) is -0.423. The van der Waals surface area contributed by atoms with E-state index < -0.39 is 12.0 Å². The van der Waals surface area contributed by atoms with Crippen molar-refractivity contribution in [1.82, 2.24) is 30.6 Å². The molecule has 0 aliphatic rings. The molecule has 0 radical (unpaired) electrons. The first kappa shape index (κ1) is 26.8. The Balaban J connectivity index is 0.00000228. The summed E-state index contributed by atoms with van der Waals surface area (Å²) in [6.45, 7) is 5.96. The van der Waals surface area contributed by atoms with Crippen LogP contribution in [0.5, 0.6) is 0 Å². The molecule has 0 atom stereocenters. The number of anilines is 1. The second kappa shape index (κ2) is 11.3. The van der Waals surface area contributed by atoms with Crippen LogP contribution in [0.4, 0.5) is 19.0 Å². The van der Waals surface area contributed by atoms with Crippen molar-refractivity contribution in [2.24, 2.45) is 0 Å². The van der Waals surface area contributed by atoms with Gasteiger partial charge in [-0.15, -0.1) is 10.2 Å². The monoisotopic (exact) mass is 491 g/mol. The van der Waals surface area contributed by atoms with Crippen molar-refractivity contribution < 1.29 is 44.2 Å². The van der Waals surface area contributed by atoms with Crippen LogP contribution in [0.3, 0.4) is 0 Å². The van der Waals surface area contributed by atoms with Gasteiger partial charge in [0.05, 0.1) is 0 Å². The third-order valence-electron chi connectivity index (χ3n) is 5.43. The normalized spacial score (nSPS) is 11.4. The van der Waals surface area contributed by atoms with Crippen LogP contribution in [0.2, 0.25) is 0 Å². The van der Waals surface area contributed by atoms with E-state index in [0.717, 1.165) is 22.3 Å². The van der Waals surface area contributed by atoms with Gasteiger partial charge in [-0.05, 0) is 34.2 Å². The van der Waals surface area contributed by atoms with E-state index in [1.165, 1.54) is 0 Å². The van der Waals surface area contributed by atoms with E-state index in [-0.39, 0.29) is 42.7 Å². The molecular formula is C24H25F3N7Na. The molecule has 35 heavy (non-hydrogen) atoms. The molecule has 2 aromatic carbocycles. The van der Waals surface area contributed by atoms with Crippen LogP contribution >= 0.6 is 0 Å². The van der Waals surface area contributed by atoms with Gasteiger partial charge in [0.1, 0.15) is 5.82 Å². The minimum absolute atomic E-state index is 0. The molecule has 0 aliphatic carbocycles. The number of tetrazole rings is 1. The molecule has 0 aliphatic heterocycles. The van der Waals surface area contributed by atoms with Crippen molar-refractivity contribution in [2.75, 3.05) is 5.32 Å². The zero-order chi connectivity index (χ0) is 24.3. The molecular weight excluding hydrogens is 466 g/mol. The van der Waals surface area contributed by atoms with Crippen LogP contribution in [0.1, 0.15) is 50.8 Å². The van der Waals surface area contributed by atoms with E-state index in [2.05, 4.69) is 35.9 Å². The Kier molecular flexibility index (Phi) is 8.63. The van der Waals surface area contributed by atoms with Crippen LogP contribution < -0.4 is 34.9 Å². The van der Waals surface area contributed by atoms with Gasteiger partial charge in [0.15, 0.2) is 0 Å². The number of nitrogens with one attached hydrogen (secondary N) is 2. The number of H-pyrrole nitrogens is 1. The van der Waals surface area contributed by atoms with Crippen LogP contribution in [0, 0.1) is 0 Å². The summed E-state index contributed by atoms with van der Waals surface area (Å²) in [4.78, 5) is 7.60. The third kappa shape index (κ3) is 6.06. The number of hydrogen-bond donors (Lipinski definition) is 2. The van der Waals surface area contributed by atoms with E-state index in [0.29, 0.717) is 30.0 Å². The molecule has 0 spiro atoms. The van der Waals surface area contributed by atoms with Crippen molar-refractivity contribution in [1.29, 1.82) is 0 Å². The summed E-state index contributed by atoms with van der Waals surface area (Å²) in [5, 5.41) is 17.3. The molecule has 0 fully saturated rings. The number of alkyl halides is 3. The molecule has 2 N–H and O–H groups in total. The fraction of sp³-hybridized carbons (Fsp3) is 0.292. The molecule has 7 nitrogen and oxygen atoms in total. The van der Waals surface area contributed by atoms with Gasteiger partial charge in [-0.1, -0.05) is 69.3 Å². The SMILES string of the molecule is CCc1nc(C(F)(F)F)nc(NCc2ccc(-c3ccccc3-c3nn[nH]n3)cc2)c1C(C)C.[H-].[Na+]. The number of aromatic amines is 1. The number of aromatic nitrogens is 6. The zero-order valence-electron chi connectivity index (χ0n) is 21.0. The van der Waals surface area contributed by atoms with Gasteiger partial charge >= 0.3 is 35.7 Å². The Morgan fingerprint density at radius 3 is 2.26 bits per heavy atom. The molecule has 2 heterocycles. The summed E-state index contributed by atoms with van der Waals surface area (Å²) in [7, 11) is 0. The number of aryl methyl sites for hydroxylation is 1. The number of halogens is 3. The first-order valence-electron chi connectivity index (χ1n) is 10.9. The average molecular weight is 491 g/mol. The molecule has 0 saturated heterocycles. The van der Waals surface area contributed by atoms with Crippen molar-refractivity contribution in [2.45, 2.75) is 45.8 Å².